The first-order valence-corrected chi connectivity index (χ1v) is 5.55. The van der Waals surface area contributed by atoms with E-state index in [4.69, 9.17) is 9.47 Å². The van der Waals surface area contributed by atoms with Gasteiger partial charge in [-0.15, -0.1) is 0 Å². The van der Waals surface area contributed by atoms with Crippen LogP contribution in [0.4, 0.5) is 0 Å². The van der Waals surface area contributed by atoms with Gasteiger partial charge in [0.05, 0.1) is 13.2 Å². The molecule has 0 bridgehead atoms. The lowest BCUT2D eigenvalue weighted by atomic mass is 10.2. The third kappa shape index (κ3) is 1.62. The summed E-state index contributed by atoms with van der Waals surface area (Å²) in [7, 11) is -3.07. The van der Waals surface area contributed by atoms with Crippen LogP contribution in [0.3, 0.4) is 0 Å². The third-order valence-electron chi connectivity index (χ3n) is 2.11. The van der Waals surface area contributed by atoms with Gasteiger partial charge in [-0.1, -0.05) is 6.92 Å². The molecule has 0 aromatic carbocycles. The van der Waals surface area contributed by atoms with E-state index in [1.165, 1.54) is 0 Å². The summed E-state index contributed by atoms with van der Waals surface area (Å²) >= 11 is 0. The summed E-state index contributed by atoms with van der Waals surface area (Å²) < 4.78 is 32.1. The van der Waals surface area contributed by atoms with E-state index in [-0.39, 0.29) is 25.8 Å². The monoisotopic (exact) mass is 194 g/mol. The molecule has 0 unspecified atom stereocenters. The van der Waals surface area contributed by atoms with E-state index >= 15 is 0 Å². The van der Waals surface area contributed by atoms with Gasteiger partial charge in [-0.2, -0.15) is 0 Å². The highest BCUT2D eigenvalue weighted by Crippen LogP contribution is 2.22. The molecule has 5 heteroatoms. The molecule has 0 amide bonds. The van der Waals surface area contributed by atoms with Gasteiger partial charge in [-0.3, -0.25) is 0 Å². The maximum Gasteiger partial charge on any atom is 0.160 e. The standard InChI is InChI=1S/C7H14O4S/c1-3-12(8,9)7(2)4-10-6-11-5-7/h3-6H2,1-2H3. The Bertz CT molecular complexity index is 238. The first-order chi connectivity index (χ1) is 5.52. The van der Waals surface area contributed by atoms with Crippen molar-refractivity contribution in [1.82, 2.24) is 0 Å². The first kappa shape index (κ1) is 9.95. The quantitative estimate of drug-likeness (QED) is 0.629. The molecule has 1 heterocycles. The van der Waals surface area contributed by atoms with Gasteiger partial charge in [0.1, 0.15) is 11.5 Å². The average Bonchev–Trinajstić information content (AvgIpc) is 2.06. The van der Waals surface area contributed by atoms with Crippen LogP contribution in [0.2, 0.25) is 0 Å². The second-order valence-electron chi connectivity index (χ2n) is 3.17. The second-order valence-corrected chi connectivity index (χ2v) is 5.96. The molecule has 4 nitrogen and oxygen atoms in total. The minimum absolute atomic E-state index is 0.135. The molecule has 0 spiro atoms. The Kier molecular flexibility index (Phi) is 2.75. The normalized spacial score (nSPS) is 23.8. The van der Waals surface area contributed by atoms with Gasteiger partial charge >= 0.3 is 0 Å². The van der Waals surface area contributed by atoms with E-state index in [1.54, 1.807) is 13.8 Å². The average molecular weight is 194 g/mol. The summed E-state index contributed by atoms with van der Waals surface area (Å²) in [6.45, 7) is 3.97. The fourth-order valence-electron chi connectivity index (χ4n) is 1.14. The topological polar surface area (TPSA) is 52.6 Å². The van der Waals surface area contributed by atoms with E-state index < -0.39 is 14.6 Å². The van der Waals surface area contributed by atoms with Gasteiger partial charge in [-0.05, 0) is 6.92 Å². The molecule has 0 aromatic rings. The highest BCUT2D eigenvalue weighted by Gasteiger charge is 2.40. The Morgan fingerprint density at radius 1 is 1.33 bits per heavy atom. The number of sulfone groups is 1. The van der Waals surface area contributed by atoms with Gasteiger partial charge in [0, 0.05) is 5.75 Å². The molecule has 1 rings (SSSR count). The number of hydrogen-bond donors (Lipinski definition) is 0. The number of rotatable bonds is 2. The van der Waals surface area contributed by atoms with E-state index in [0.717, 1.165) is 0 Å². The van der Waals surface area contributed by atoms with Crippen LogP contribution in [-0.4, -0.2) is 38.9 Å². The maximum atomic E-state index is 11.5. The predicted octanol–water partition coefficient (Wildman–Crippen LogP) is 0.184. The van der Waals surface area contributed by atoms with Crippen LogP contribution >= 0.6 is 0 Å². The van der Waals surface area contributed by atoms with Crippen molar-refractivity contribution in [2.45, 2.75) is 18.6 Å². The van der Waals surface area contributed by atoms with Gasteiger partial charge in [0.2, 0.25) is 0 Å². The fourth-order valence-corrected chi connectivity index (χ4v) is 2.37. The second kappa shape index (κ2) is 3.32. The van der Waals surface area contributed by atoms with Gasteiger partial charge < -0.3 is 9.47 Å². The van der Waals surface area contributed by atoms with E-state index in [9.17, 15) is 8.42 Å². The Balaban J connectivity index is 2.83. The Hall–Kier alpha value is -0.130. The Morgan fingerprint density at radius 3 is 2.25 bits per heavy atom. The molecule has 1 fully saturated rings. The molecule has 0 aliphatic carbocycles. The molecular formula is C7H14O4S. The largest absolute Gasteiger partial charge is 0.354 e. The number of hydrogen-bond acceptors (Lipinski definition) is 4. The van der Waals surface area contributed by atoms with Crippen molar-refractivity contribution >= 4 is 9.84 Å². The molecule has 1 aliphatic rings. The van der Waals surface area contributed by atoms with E-state index in [1.807, 2.05) is 0 Å². The lowest BCUT2D eigenvalue weighted by Gasteiger charge is -2.32. The summed E-state index contributed by atoms with van der Waals surface area (Å²) in [6, 6.07) is 0. The SMILES string of the molecule is CCS(=O)(=O)C1(C)COCOC1. The Morgan fingerprint density at radius 2 is 1.83 bits per heavy atom. The van der Waals surface area contributed by atoms with Crippen LogP contribution < -0.4 is 0 Å². The fraction of sp³-hybridized carbons (Fsp3) is 1.00. The van der Waals surface area contributed by atoms with Crippen molar-refractivity contribution in [3.05, 3.63) is 0 Å². The molecule has 12 heavy (non-hydrogen) atoms. The molecule has 0 radical (unpaired) electrons. The molecule has 0 aromatic heterocycles. The highest BCUT2D eigenvalue weighted by molar-refractivity contribution is 7.92. The lowest BCUT2D eigenvalue weighted by molar-refractivity contribution is -0.113. The van der Waals surface area contributed by atoms with Crippen LogP contribution in [0.25, 0.3) is 0 Å². The molecule has 1 aliphatic heterocycles. The molecular weight excluding hydrogens is 180 g/mol. The molecule has 0 atom stereocenters. The van der Waals surface area contributed by atoms with E-state index in [0.29, 0.717) is 0 Å². The zero-order valence-corrected chi connectivity index (χ0v) is 8.19. The Labute approximate surface area is 72.8 Å². The molecule has 0 saturated carbocycles. The van der Waals surface area contributed by atoms with Crippen molar-refractivity contribution in [1.29, 1.82) is 0 Å². The smallest absolute Gasteiger partial charge is 0.160 e. The summed E-state index contributed by atoms with van der Waals surface area (Å²) in [4.78, 5) is 0. The van der Waals surface area contributed by atoms with Crippen LogP contribution in [0.1, 0.15) is 13.8 Å². The molecule has 72 valence electrons. The minimum Gasteiger partial charge on any atom is -0.354 e. The van der Waals surface area contributed by atoms with Crippen molar-refractivity contribution in [2.75, 3.05) is 25.8 Å². The van der Waals surface area contributed by atoms with Crippen molar-refractivity contribution < 1.29 is 17.9 Å². The molecule has 0 N–H and O–H groups in total. The summed E-state index contributed by atoms with van der Waals surface area (Å²) in [5.41, 5.74) is 0. The van der Waals surface area contributed by atoms with Crippen LogP contribution in [-0.2, 0) is 19.3 Å². The first-order valence-electron chi connectivity index (χ1n) is 3.90. The van der Waals surface area contributed by atoms with Gasteiger partial charge in [0.25, 0.3) is 0 Å². The van der Waals surface area contributed by atoms with Crippen LogP contribution in [0.5, 0.6) is 0 Å². The van der Waals surface area contributed by atoms with Crippen molar-refractivity contribution in [3.8, 4) is 0 Å². The van der Waals surface area contributed by atoms with Gasteiger partial charge in [0.15, 0.2) is 9.84 Å². The van der Waals surface area contributed by atoms with Gasteiger partial charge in [-0.25, -0.2) is 8.42 Å². The minimum atomic E-state index is -3.07. The zero-order valence-electron chi connectivity index (χ0n) is 7.37. The maximum absolute atomic E-state index is 11.5. The van der Waals surface area contributed by atoms with Crippen LogP contribution in [0, 0.1) is 0 Å². The summed E-state index contributed by atoms with van der Waals surface area (Å²) in [5.74, 6) is 0.135. The lowest BCUT2D eigenvalue weighted by Crippen LogP contribution is -2.48. The summed E-state index contributed by atoms with van der Waals surface area (Å²) in [6.07, 6.45) is 0. The zero-order chi connectivity index (χ0) is 9.24. The van der Waals surface area contributed by atoms with Crippen molar-refractivity contribution in [3.63, 3.8) is 0 Å². The third-order valence-corrected chi connectivity index (χ3v) is 4.61. The predicted molar refractivity (Wildman–Crippen MR) is 44.6 cm³/mol. The highest BCUT2D eigenvalue weighted by atomic mass is 32.2. The number of ether oxygens (including phenoxy) is 2. The van der Waals surface area contributed by atoms with Crippen molar-refractivity contribution in [2.24, 2.45) is 0 Å². The molecule has 1 saturated heterocycles. The summed E-state index contributed by atoms with van der Waals surface area (Å²) in [5, 5.41) is 0. The van der Waals surface area contributed by atoms with Crippen LogP contribution in [0.15, 0.2) is 0 Å². The van der Waals surface area contributed by atoms with E-state index in [2.05, 4.69) is 0 Å².